The second-order valence-electron chi connectivity index (χ2n) is 3.36. The first-order chi connectivity index (χ1) is 6.24. The van der Waals surface area contributed by atoms with Crippen LogP contribution in [-0.4, -0.2) is 27.2 Å². The van der Waals surface area contributed by atoms with Gasteiger partial charge in [-0.1, -0.05) is 0 Å². The van der Waals surface area contributed by atoms with Gasteiger partial charge in [0.1, 0.15) is 5.82 Å². The summed E-state index contributed by atoms with van der Waals surface area (Å²) in [5.41, 5.74) is 5.26. The number of hydrogen-bond donors (Lipinski definition) is 3. The van der Waals surface area contributed by atoms with Crippen molar-refractivity contribution < 1.29 is 5.11 Å². The first-order valence-corrected chi connectivity index (χ1v) is 4.22. The van der Waals surface area contributed by atoms with Crippen LogP contribution in [-0.2, 0) is 0 Å². The average Bonchev–Trinajstić information content (AvgIpc) is 2.86. The highest BCUT2D eigenvalue weighted by Crippen LogP contribution is 2.37. The van der Waals surface area contributed by atoms with Crippen molar-refractivity contribution in [1.29, 1.82) is 0 Å². The Bertz CT molecular complexity index is 311. The predicted octanol–water partition coefficient (Wildman–Crippen LogP) is -0.00440. The molecular weight excluding hydrogens is 168 g/mol. The molecule has 13 heavy (non-hydrogen) atoms. The fourth-order valence-electron chi connectivity index (χ4n) is 1.19. The Morgan fingerprint density at radius 3 is 2.92 bits per heavy atom. The number of rotatable bonds is 3. The van der Waals surface area contributed by atoms with Crippen LogP contribution in [0.3, 0.4) is 0 Å². The molecule has 1 heterocycles. The van der Waals surface area contributed by atoms with E-state index in [-0.39, 0.29) is 18.1 Å². The summed E-state index contributed by atoms with van der Waals surface area (Å²) in [6, 6.07) is 1.74. The second kappa shape index (κ2) is 2.85. The van der Waals surface area contributed by atoms with Gasteiger partial charge in [0.05, 0.1) is 12.1 Å². The van der Waals surface area contributed by atoms with Gasteiger partial charge in [0, 0.05) is 6.20 Å². The SMILES string of the molecule is Nc1nccc(NC2(CO)CC2)n1. The molecule has 0 spiro atoms. The maximum atomic E-state index is 9.05. The third kappa shape index (κ3) is 1.70. The fourth-order valence-corrected chi connectivity index (χ4v) is 1.19. The van der Waals surface area contributed by atoms with Crippen molar-refractivity contribution in [3.63, 3.8) is 0 Å². The van der Waals surface area contributed by atoms with Crippen LogP contribution in [0.15, 0.2) is 12.3 Å². The Morgan fingerprint density at radius 1 is 1.62 bits per heavy atom. The van der Waals surface area contributed by atoms with Gasteiger partial charge in [0.2, 0.25) is 5.95 Å². The van der Waals surface area contributed by atoms with Crippen molar-refractivity contribution in [2.45, 2.75) is 18.4 Å². The first-order valence-electron chi connectivity index (χ1n) is 4.22. The standard InChI is InChI=1S/C8H12N4O/c9-7-10-4-1-6(11-7)12-8(5-13)2-3-8/h1,4,13H,2-3,5H2,(H3,9,10,11,12). The van der Waals surface area contributed by atoms with E-state index in [9.17, 15) is 0 Å². The number of nitrogens with two attached hydrogens (primary N) is 1. The van der Waals surface area contributed by atoms with Gasteiger partial charge < -0.3 is 16.2 Å². The molecule has 5 nitrogen and oxygen atoms in total. The maximum absolute atomic E-state index is 9.05. The molecule has 1 aliphatic carbocycles. The van der Waals surface area contributed by atoms with Crippen molar-refractivity contribution >= 4 is 11.8 Å². The Labute approximate surface area is 76.0 Å². The van der Waals surface area contributed by atoms with Crippen molar-refractivity contribution in [3.8, 4) is 0 Å². The van der Waals surface area contributed by atoms with Gasteiger partial charge in [-0.15, -0.1) is 0 Å². The summed E-state index contributed by atoms with van der Waals surface area (Å²) >= 11 is 0. The first kappa shape index (κ1) is 8.25. The van der Waals surface area contributed by atoms with E-state index in [1.54, 1.807) is 12.3 Å². The van der Waals surface area contributed by atoms with Crippen LogP contribution in [0.5, 0.6) is 0 Å². The summed E-state index contributed by atoms with van der Waals surface area (Å²) in [4.78, 5) is 7.77. The highest BCUT2D eigenvalue weighted by Gasteiger charge is 2.42. The summed E-state index contributed by atoms with van der Waals surface area (Å²) in [5, 5.41) is 12.2. The lowest BCUT2D eigenvalue weighted by molar-refractivity contribution is 0.266. The molecule has 0 aromatic carbocycles. The van der Waals surface area contributed by atoms with E-state index in [1.165, 1.54) is 0 Å². The van der Waals surface area contributed by atoms with Crippen LogP contribution in [0.4, 0.5) is 11.8 Å². The minimum atomic E-state index is -0.152. The van der Waals surface area contributed by atoms with E-state index >= 15 is 0 Å². The van der Waals surface area contributed by atoms with Crippen molar-refractivity contribution in [2.75, 3.05) is 17.7 Å². The molecule has 0 amide bonds. The molecule has 2 rings (SSSR count). The molecule has 1 fully saturated rings. The molecule has 1 aromatic rings. The zero-order chi connectivity index (χ0) is 9.31. The molecule has 0 radical (unpaired) electrons. The van der Waals surface area contributed by atoms with Crippen LogP contribution in [0.25, 0.3) is 0 Å². The second-order valence-corrected chi connectivity index (χ2v) is 3.36. The summed E-state index contributed by atoms with van der Waals surface area (Å²) < 4.78 is 0. The molecule has 5 heteroatoms. The molecule has 0 saturated heterocycles. The Balaban J connectivity index is 2.09. The van der Waals surface area contributed by atoms with E-state index in [2.05, 4.69) is 15.3 Å². The lowest BCUT2D eigenvalue weighted by Crippen LogP contribution is -2.26. The topological polar surface area (TPSA) is 84.1 Å². The predicted molar refractivity (Wildman–Crippen MR) is 49.1 cm³/mol. The highest BCUT2D eigenvalue weighted by atomic mass is 16.3. The summed E-state index contributed by atoms with van der Waals surface area (Å²) in [6.07, 6.45) is 3.55. The number of anilines is 2. The molecule has 0 atom stereocenters. The lowest BCUT2D eigenvalue weighted by Gasteiger charge is -2.14. The summed E-state index contributed by atoms with van der Waals surface area (Å²) in [7, 11) is 0. The molecular formula is C8H12N4O. The van der Waals surface area contributed by atoms with E-state index in [1.807, 2.05) is 0 Å². The minimum Gasteiger partial charge on any atom is -0.394 e. The highest BCUT2D eigenvalue weighted by molar-refractivity contribution is 5.42. The van der Waals surface area contributed by atoms with Crippen molar-refractivity contribution in [3.05, 3.63) is 12.3 Å². The molecule has 1 aliphatic rings. The van der Waals surface area contributed by atoms with Crippen LogP contribution in [0, 0.1) is 0 Å². The van der Waals surface area contributed by atoms with Gasteiger partial charge in [-0.3, -0.25) is 0 Å². The van der Waals surface area contributed by atoms with Crippen molar-refractivity contribution in [1.82, 2.24) is 9.97 Å². The molecule has 0 unspecified atom stereocenters. The number of aromatic nitrogens is 2. The van der Waals surface area contributed by atoms with E-state index < -0.39 is 0 Å². The maximum Gasteiger partial charge on any atom is 0.221 e. The van der Waals surface area contributed by atoms with Crippen LogP contribution < -0.4 is 11.1 Å². The monoisotopic (exact) mass is 180 g/mol. The van der Waals surface area contributed by atoms with Gasteiger partial charge >= 0.3 is 0 Å². The van der Waals surface area contributed by atoms with Crippen LogP contribution in [0.2, 0.25) is 0 Å². The summed E-state index contributed by atoms with van der Waals surface area (Å²) in [6.45, 7) is 0.136. The molecule has 0 aliphatic heterocycles. The van der Waals surface area contributed by atoms with Gasteiger partial charge in [0.25, 0.3) is 0 Å². The average molecular weight is 180 g/mol. The molecule has 70 valence electrons. The number of aliphatic hydroxyl groups excluding tert-OH is 1. The Hall–Kier alpha value is -1.36. The quantitative estimate of drug-likeness (QED) is 0.609. The third-order valence-corrected chi connectivity index (χ3v) is 2.22. The number of nitrogens with one attached hydrogen (secondary N) is 1. The van der Waals surface area contributed by atoms with E-state index in [0.29, 0.717) is 5.82 Å². The van der Waals surface area contributed by atoms with Gasteiger partial charge in [0.15, 0.2) is 0 Å². The Kier molecular flexibility index (Phi) is 1.81. The van der Waals surface area contributed by atoms with Crippen molar-refractivity contribution in [2.24, 2.45) is 0 Å². The van der Waals surface area contributed by atoms with E-state index in [0.717, 1.165) is 12.8 Å². The third-order valence-electron chi connectivity index (χ3n) is 2.22. The number of nitrogen functional groups attached to an aromatic ring is 1. The minimum absolute atomic E-state index is 0.136. The normalized spacial score (nSPS) is 18.2. The zero-order valence-corrected chi connectivity index (χ0v) is 7.20. The molecule has 1 aromatic heterocycles. The lowest BCUT2D eigenvalue weighted by atomic mass is 10.3. The number of hydrogen-bond acceptors (Lipinski definition) is 5. The van der Waals surface area contributed by atoms with Gasteiger partial charge in [-0.05, 0) is 18.9 Å². The van der Waals surface area contributed by atoms with Gasteiger partial charge in [-0.25, -0.2) is 4.98 Å². The zero-order valence-electron chi connectivity index (χ0n) is 7.20. The van der Waals surface area contributed by atoms with E-state index in [4.69, 9.17) is 10.8 Å². The number of nitrogens with zero attached hydrogens (tertiary/aromatic N) is 2. The van der Waals surface area contributed by atoms with Gasteiger partial charge in [-0.2, -0.15) is 4.98 Å². The molecule has 1 saturated carbocycles. The Morgan fingerprint density at radius 2 is 2.38 bits per heavy atom. The van der Waals surface area contributed by atoms with Crippen LogP contribution in [0.1, 0.15) is 12.8 Å². The molecule has 4 N–H and O–H groups in total. The van der Waals surface area contributed by atoms with Crippen LogP contribution >= 0.6 is 0 Å². The fraction of sp³-hybridized carbons (Fsp3) is 0.500. The smallest absolute Gasteiger partial charge is 0.221 e. The summed E-state index contributed by atoms with van der Waals surface area (Å²) in [5.74, 6) is 0.929. The largest absolute Gasteiger partial charge is 0.394 e. The number of aliphatic hydroxyl groups is 1. The molecule has 0 bridgehead atoms.